The lowest BCUT2D eigenvalue weighted by molar-refractivity contribution is 1.10. The predicted octanol–water partition coefficient (Wildman–Crippen LogP) is 1.04. The van der Waals surface area contributed by atoms with E-state index in [1.54, 1.807) is 6.33 Å². The van der Waals surface area contributed by atoms with E-state index in [0.29, 0.717) is 0 Å². The third-order valence-electron chi connectivity index (χ3n) is 1.44. The zero-order valence-corrected chi connectivity index (χ0v) is 5.65. The lowest BCUT2D eigenvalue weighted by Gasteiger charge is -1.91. The maximum Gasteiger partial charge on any atom is 0.160 e. The molecule has 0 bridgehead atoms. The minimum Gasteiger partial charge on any atom is -0.289 e. The third-order valence-corrected chi connectivity index (χ3v) is 1.44. The van der Waals surface area contributed by atoms with E-state index in [1.807, 2.05) is 29.7 Å². The molecule has 0 aliphatic carbocycles. The van der Waals surface area contributed by atoms with E-state index >= 15 is 0 Å². The second kappa shape index (κ2) is 1.80. The van der Waals surface area contributed by atoms with E-state index in [2.05, 4.69) is 10.2 Å². The lowest BCUT2D eigenvalue weighted by Crippen LogP contribution is -1.82. The predicted molar refractivity (Wildman–Crippen MR) is 37.7 cm³/mol. The van der Waals surface area contributed by atoms with Crippen LogP contribution in [0, 0.1) is 6.92 Å². The first-order valence-corrected chi connectivity index (χ1v) is 3.12. The highest BCUT2D eigenvalue weighted by Gasteiger charge is 1.91. The molecule has 2 aromatic heterocycles. The van der Waals surface area contributed by atoms with Crippen LogP contribution in [0.2, 0.25) is 0 Å². The molecule has 0 N–H and O–H groups in total. The van der Waals surface area contributed by atoms with Gasteiger partial charge in [-0.3, -0.25) is 4.40 Å². The molecule has 0 fully saturated rings. The van der Waals surface area contributed by atoms with Gasteiger partial charge in [-0.1, -0.05) is 6.07 Å². The van der Waals surface area contributed by atoms with Crippen molar-refractivity contribution in [2.24, 2.45) is 0 Å². The monoisotopic (exact) mass is 133 g/mol. The molecule has 2 heterocycles. The summed E-state index contributed by atoms with van der Waals surface area (Å²) in [6, 6.07) is 3.96. The highest BCUT2D eigenvalue weighted by atomic mass is 15.2. The number of nitrogens with zero attached hydrogens (tertiary/aromatic N) is 3. The van der Waals surface area contributed by atoms with Gasteiger partial charge >= 0.3 is 0 Å². The Morgan fingerprint density at radius 1 is 1.40 bits per heavy atom. The Morgan fingerprint density at radius 3 is 3.20 bits per heavy atom. The molecule has 2 aromatic rings. The minimum atomic E-state index is 0.894. The molecule has 0 radical (unpaired) electrons. The third kappa shape index (κ3) is 0.673. The molecule has 10 heavy (non-hydrogen) atoms. The van der Waals surface area contributed by atoms with E-state index in [4.69, 9.17) is 0 Å². The molecule has 2 rings (SSSR count). The molecule has 0 aliphatic rings. The van der Waals surface area contributed by atoms with Gasteiger partial charge in [0, 0.05) is 6.20 Å². The van der Waals surface area contributed by atoms with Gasteiger partial charge in [-0.15, -0.1) is 10.2 Å². The van der Waals surface area contributed by atoms with E-state index < -0.39 is 0 Å². The SMILES string of the molecule is Cc1ccc2nncn2c1. The summed E-state index contributed by atoms with van der Waals surface area (Å²) in [7, 11) is 0. The summed E-state index contributed by atoms with van der Waals surface area (Å²) in [6.45, 7) is 2.04. The van der Waals surface area contributed by atoms with Gasteiger partial charge in [0.15, 0.2) is 5.65 Å². The van der Waals surface area contributed by atoms with Crippen LogP contribution in [0.4, 0.5) is 0 Å². The van der Waals surface area contributed by atoms with Crippen LogP contribution in [0.3, 0.4) is 0 Å². The summed E-state index contributed by atoms with van der Waals surface area (Å²) in [5.41, 5.74) is 2.11. The Balaban J connectivity index is 2.86. The largest absolute Gasteiger partial charge is 0.289 e. The zero-order valence-electron chi connectivity index (χ0n) is 5.65. The smallest absolute Gasteiger partial charge is 0.160 e. The number of hydrogen-bond donors (Lipinski definition) is 0. The quantitative estimate of drug-likeness (QED) is 0.537. The molecule has 0 amide bonds. The van der Waals surface area contributed by atoms with Crippen molar-refractivity contribution in [2.75, 3.05) is 0 Å². The average molecular weight is 133 g/mol. The Labute approximate surface area is 58.3 Å². The highest BCUT2D eigenvalue weighted by Crippen LogP contribution is 2.00. The van der Waals surface area contributed by atoms with Crippen LogP contribution in [0.15, 0.2) is 24.7 Å². The normalized spacial score (nSPS) is 10.5. The maximum absolute atomic E-state index is 3.87. The fourth-order valence-corrected chi connectivity index (χ4v) is 0.939. The molecule has 0 saturated carbocycles. The first kappa shape index (κ1) is 5.41. The molecular formula is C7H7N3. The Kier molecular flexibility index (Phi) is 0.974. The molecule has 0 aliphatic heterocycles. The molecular weight excluding hydrogens is 126 g/mol. The number of fused-ring (bicyclic) bond motifs is 1. The number of rotatable bonds is 0. The van der Waals surface area contributed by atoms with Crippen molar-refractivity contribution < 1.29 is 0 Å². The highest BCUT2D eigenvalue weighted by molar-refractivity contribution is 5.37. The van der Waals surface area contributed by atoms with E-state index in [0.717, 1.165) is 5.65 Å². The lowest BCUT2D eigenvalue weighted by atomic mass is 10.3. The van der Waals surface area contributed by atoms with Gasteiger partial charge in [0.1, 0.15) is 6.33 Å². The van der Waals surface area contributed by atoms with E-state index in [9.17, 15) is 0 Å². The van der Waals surface area contributed by atoms with Crippen molar-refractivity contribution >= 4 is 5.65 Å². The topological polar surface area (TPSA) is 30.2 Å². The van der Waals surface area contributed by atoms with Crippen LogP contribution in [0.1, 0.15) is 5.56 Å². The van der Waals surface area contributed by atoms with E-state index in [-0.39, 0.29) is 0 Å². The van der Waals surface area contributed by atoms with Gasteiger partial charge in [0.05, 0.1) is 0 Å². The Bertz CT molecular complexity index is 350. The fraction of sp³-hybridized carbons (Fsp3) is 0.143. The van der Waals surface area contributed by atoms with Crippen LogP contribution in [0.5, 0.6) is 0 Å². The van der Waals surface area contributed by atoms with Gasteiger partial charge in [-0.25, -0.2) is 0 Å². The summed E-state index contributed by atoms with van der Waals surface area (Å²) in [5, 5.41) is 7.63. The summed E-state index contributed by atoms with van der Waals surface area (Å²) in [5.74, 6) is 0. The Morgan fingerprint density at radius 2 is 2.30 bits per heavy atom. The molecule has 50 valence electrons. The van der Waals surface area contributed by atoms with Crippen molar-refractivity contribution in [3.63, 3.8) is 0 Å². The van der Waals surface area contributed by atoms with Crippen molar-refractivity contribution in [1.82, 2.24) is 14.6 Å². The standard InChI is InChI=1S/C7H7N3/c1-6-2-3-7-9-8-5-10(7)4-6/h2-5H,1H3. The van der Waals surface area contributed by atoms with Crippen molar-refractivity contribution in [1.29, 1.82) is 0 Å². The molecule has 3 nitrogen and oxygen atoms in total. The van der Waals surface area contributed by atoms with Gasteiger partial charge in [0.25, 0.3) is 0 Å². The number of aromatic nitrogens is 3. The number of aryl methyl sites for hydroxylation is 1. The summed E-state index contributed by atoms with van der Waals surface area (Å²) < 4.78 is 1.90. The van der Waals surface area contributed by atoms with Gasteiger partial charge in [0.2, 0.25) is 0 Å². The molecule has 0 aromatic carbocycles. The molecule has 0 unspecified atom stereocenters. The van der Waals surface area contributed by atoms with Crippen molar-refractivity contribution in [3.8, 4) is 0 Å². The molecule has 3 heteroatoms. The first-order valence-electron chi connectivity index (χ1n) is 3.12. The number of hydrogen-bond acceptors (Lipinski definition) is 2. The van der Waals surface area contributed by atoms with Gasteiger partial charge < -0.3 is 0 Å². The van der Waals surface area contributed by atoms with Gasteiger partial charge in [-0.05, 0) is 18.6 Å². The summed E-state index contributed by atoms with van der Waals surface area (Å²) in [6.07, 6.45) is 3.69. The summed E-state index contributed by atoms with van der Waals surface area (Å²) >= 11 is 0. The fourth-order valence-electron chi connectivity index (χ4n) is 0.939. The van der Waals surface area contributed by atoms with Crippen LogP contribution in [0.25, 0.3) is 5.65 Å². The minimum absolute atomic E-state index is 0.894. The number of pyridine rings is 1. The van der Waals surface area contributed by atoms with Crippen molar-refractivity contribution in [2.45, 2.75) is 6.92 Å². The Hall–Kier alpha value is -1.38. The molecule has 0 spiro atoms. The van der Waals surface area contributed by atoms with Crippen molar-refractivity contribution in [3.05, 3.63) is 30.2 Å². The molecule has 0 atom stereocenters. The second-order valence-electron chi connectivity index (χ2n) is 2.30. The van der Waals surface area contributed by atoms with Crippen LogP contribution in [-0.2, 0) is 0 Å². The maximum atomic E-state index is 3.87. The van der Waals surface area contributed by atoms with Gasteiger partial charge in [-0.2, -0.15) is 0 Å². The first-order chi connectivity index (χ1) is 4.86. The van der Waals surface area contributed by atoms with Crippen LogP contribution in [-0.4, -0.2) is 14.6 Å². The van der Waals surface area contributed by atoms with Crippen LogP contribution < -0.4 is 0 Å². The second-order valence-corrected chi connectivity index (χ2v) is 2.30. The zero-order chi connectivity index (χ0) is 6.97. The molecule has 0 saturated heterocycles. The average Bonchev–Trinajstić information content (AvgIpc) is 2.33. The van der Waals surface area contributed by atoms with E-state index in [1.165, 1.54) is 5.56 Å². The van der Waals surface area contributed by atoms with Crippen LogP contribution >= 0.6 is 0 Å². The summed E-state index contributed by atoms with van der Waals surface area (Å²) in [4.78, 5) is 0.